The molecule has 1 aromatic carbocycles. The van der Waals surface area contributed by atoms with Crippen LogP contribution in [0, 0.1) is 6.92 Å². The molecule has 130 valence electrons. The molecule has 1 heterocycles. The number of nitrogens with one attached hydrogen (secondary N) is 2. The Hall–Kier alpha value is -2.02. The third kappa shape index (κ3) is 4.99. The molecule has 0 aliphatic heterocycles. The average molecular weight is 359 g/mol. The first-order valence-corrected chi connectivity index (χ1v) is 7.90. The minimum Gasteiger partial charge on any atom is -0.370 e. The van der Waals surface area contributed by atoms with E-state index < -0.39 is 11.7 Å². The van der Waals surface area contributed by atoms with E-state index in [1.54, 1.807) is 13.0 Å². The van der Waals surface area contributed by atoms with Crippen LogP contribution in [0.5, 0.6) is 0 Å². The van der Waals surface area contributed by atoms with E-state index in [4.69, 9.17) is 11.6 Å². The monoisotopic (exact) mass is 358 g/mol. The molecule has 0 atom stereocenters. The van der Waals surface area contributed by atoms with Crippen molar-refractivity contribution in [2.24, 2.45) is 0 Å². The first kappa shape index (κ1) is 18.3. The number of aromatic nitrogens is 2. The number of alkyl halides is 3. The SMILES string of the molecule is CCCCNc1cc(C)nc(Nc2ccc(Cl)c(C(F)(F)F)c2)n1. The van der Waals surface area contributed by atoms with Gasteiger partial charge in [0.1, 0.15) is 5.82 Å². The highest BCUT2D eigenvalue weighted by Crippen LogP contribution is 2.36. The Morgan fingerprint density at radius 1 is 1.17 bits per heavy atom. The van der Waals surface area contributed by atoms with Crippen molar-refractivity contribution in [1.82, 2.24) is 9.97 Å². The van der Waals surface area contributed by atoms with Crippen LogP contribution in [0.2, 0.25) is 5.02 Å². The Morgan fingerprint density at radius 2 is 1.92 bits per heavy atom. The molecular weight excluding hydrogens is 341 g/mol. The maximum Gasteiger partial charge on any atom is 0.417 e. The minimum atomic E-state index is -4.52. The van der Waals surface area contributed by atoms with Crippen LogP contribution in [0.4, 0.5) is 30.6 Å². The van der Waals surface area contributed by atoms with Crippen molar-refractivity contribution in [1.29, 1.82) is 0 Å². The Kier molecular flexibility index (Phi) is 5.88. The Labute approximate surface area is 143 Å². The van der Waals surface area contributed by atoms with Crippen LogP contribution in [0.25, 0.3) is 0 Å². The maximum atomic E-state index is 12.9. The molecule has 0 bridgehead atoms. The Balaban J connectivity index is 2.22. The van der Waals surface area contributed by atoms with Gasteiger partial charge in [0.05, 0.1) is 10.6 Å². The van der Waals surface area contributed by atoms with Crippen LogP contribution in [0.3, 0.4) is 0 Å². The van der Waals surface area contributed by atoms with Crippen LogP contribution >= 0.6 is 11.6 Å². The molecule has 2 N–H and O–H groups in total. The second-order valence-electron chi connectivity index (χ2n) is 5.32. The number of hydrogen-bond donors (Lipinski definition) is 2. The third-order valence-corrected chi connectivity index (χ3v) is 3.55. The lowest BCUT2D eigenvalue weighted by Crippen LogP contribution is -2.08. The summed E-state index contributed by atoms with van der Waals surface area (Å²) in [5, 5.41) is 5.61. The largest absolute Gasteiger partial charge is 0.417 e. The van der Waals surface area contributed by atoms with E-state index in [9.17, 15) is 13.2 Å². The molecule has 1 aromatic heterocycles. The lowest BCUT2D eigenvalue weighted by molar-refractivity contribution is -0.137. The van der Waals surface area contributed by atoms with Gasteiger partial charge in [-0.2, -0.15) is 18.2 Å². The van der Waals surface area contributed by atoms with Crippen LogP contribution in [0.15, 0.2) is 24.3 Å². The summed E-state index contributed by atoms with van der Waals surface area (Å²) in [4.78, 5) is 8.46. The number of unbranched alkanes of at least 4 members (excludes halogenated alkanes) is 1. The highest BCUT2D eigenvalue weighted by Gasteiger charge is 2.33. The van der Waals surface area contributed by atoms with Crippen LogP contribution in [-0.4, -0.2) is 16.5 Å². The predicted octanol–water partition coefficient (Wildman–Crippen LogP) is 5.41. The van der Waals surface area contributed by atoms with Crippen LogP contribution in [0.1, 0.15) is 31.0 Å². The number of rotatable bonds is 6. The summed E-state index contributed by atoms with van der Waals surface area (Å²) in [6, 6.07) is 5.37. The zero-order valence-corrected chi connectivity index (χ0v) is 14.1. The lowest BCUT2D eigenvalue weighted by atomic mass is 10.2. The Morgan fingerprint density at radius 3 is 2.58 bits per heavy atom. The standard InChI is InChI=1S/C16H18ClF3N4/c1-3-4-7-21-14-8-10(2)22-15(24-14)23-11-5-6-13(17)12(9-11)16(18,19)20/h5-6,8-9H,3-4,7H2,1-2H3,(H2,21,22,23,24). The molecular formula is C16H18ClF3N4. The number of benzene rings is 1. The van der Waals surface area contributed by atoms with Gasteiger partial charge in [-0.15, -0.1) is 0 Å². The van der Waals surface area contributed by atoms with Crippen molar-refractivity contribution in [3.63, 3.8) is 0 Å². The van der Waals surface area contributed by atoms with Crippen molar-refractivity contribution < 1.29 is 13.2 Å². The average Bonchev–Trinajstić information content (AvgIpc) is 2.48. The van der Waals surface area contributed by atoms with Crippen molar-refractivity contribution in [2.45, 2.75) is 32.9 Å². The number of halogens is 4. The van der Waals surface area contributed by atoms with Gasteiger partial charge < -0.3 is 10.6 Å². The number of hydrogen-bond acceptors (Lipinski definition) is 4. The molecule has 24 heavy (non-hydrogen) atoms. The van der Waals surface area contributed by atoms with Crippen molar-refractivity contribution in [3.05, 3.63) is 40.5 Å². The molecule has 0 aliphatic carbocycles. The van der Waals surface area contributed by atoms with E-state index >= 15 is 0 Å². The summed E-state index contributed by atoms with van der Waals surface area (Å²) in [7, 11) is 0. The van der Waals surface area contributed by atoms with Gasteiger partial charge in [0.2, 0.25) is 5.95 Å². The quantitative estimate of drug-likeness (QED) is 0.677. The van der Waals surface area contributed by atoms with Gasteiger partial charge in [-0.05, 0) is 31.5 Å². The fourth-order valence-corrected chi connectivity index (χ4v) is 2.28. The highest BCUT2D eigenvalue weighted by atomic mass is 35.5. The number of aryl methyl sites for hydroxylation is 1. The molecule has 4 nitrogen and oxygen atoms in total. The molecule has 0 aliphatic rings. The number of anilines is 3. The first-order valence-electron chi connectivity index (χ1n) is 7.53. The van der Waals surface area contributed by atoms with Gasteiger partial charge in [0.25, 0.3) is 0 Å². The van der Waals surface area contributed by atoms with Gasteiger partial charge in [0.15, 0.2) is 0 Å². The molecule has 0 unspecified atom stereocenters. The fourth-order valence-electron chi connectivity index (χ4n) is 2.06. The van der Waals surface area contributed by atoms with E-state index in [-0.39, 0.29) is 16.7 Å². The van der Waals surface area contributed by atoms with Gasteiger partial charge in [-0.1, -0.05) is 24.9 Å². The molecule has 0 fully saturated rings. The second-order valence-corrected chi connectivity index (χ2v) is 5.72. The van der Waals surface area contributed by atoms with E-state index in [0.29, 0.717) is 11.5 Å². The molecule has 8 heteroatoms. The van der Waals surface area contributed by atoms with E-state index in [1.807, 2.05) is 0 Å². The maximum absolute atomic E-state index is 12.9. The van der Waals surface area contributed by atoms with Gasteiger partial charge >= 0.3 is 6.18 Å². The zero-order chi connectivity index (χ0) is 17.7. The zero-order valence-electron chi connectivity index (χ0n) is 13.3. The molecule has 0 spiro atoms. The van der Waals surface area contributed by atoms with Crippen LogP contribution < -0.4 is 10.6 Å². The van der Waals surface area contributed by atoms with E-state index in [0.717, 1.165) is 25.5 Å². The normalized spacial score (nSPS) is 11.4. The Bertz CT molecular complexity index is 704. The number of nitrogens with zero attached hydrogens (tertiary/aromatic N) is 2. The van der Waals surface area contributed by atoms with Crippen molar-refractivity contribution in [2.75, 3.05) is 17.2 Å². The first-order chi connectivity index (χ1) is 11.3. The second kappa shape index (κ2) is 7.70. The molecule has 2 rings (SSSR count). The van der Waals surface area contributed by atoms with Gasteiger partial charge in [-0.3, -0.25) is 0 Å². The van der Waals surface area contributed by atoms with E-state index in [1.165, 1.54) is 12.1 Å². The molecule has 0 saturated heterocycles. The summed E-state index contributed by atoms with van der Waals surface area (Å²) >= 11 is 5.62. The smallest absolute Gasteiger partial charge is 0.370 e. The summed E-state index contributed by atoms with van der Waals surface area (Å²) < 4.78 is 38.7. The fraction of sp³-hybridized carbons (Fsp3) is 0.375. The molecule has 0 amide bonds. The summed E-state index contributed by atoms with van der Waals surface area (Å²) in [6.45, 7) is 4.64. The van der Waals surface area contributed by atoms with Gasteiger partial charge in [-0.25, -0.2) is 4.98 Å². The van der Waals surface area contributed by atoms with Crippen LogP contribution in [-0.2, 0) is 6.18 Å². The summed E-state index contributed by atoms with van der Waals surface area (Å²) in [6.07, 6.45) is -2.47. The predicted molar refractivity (Wildman–Crippen MR) is 89.9 cm³/mol. The molecule has 0 radical (unpaired) electrons. The topological polar surface area (TPSA) is 49.8 Å². The third-order valence-electron chi connectivity index (χ3n) is 3.22. The molecule has 0 saturated carbocycles. The lowest BCUT2D eigenvalue weighted by Gasteiger charge is -2.13. The molecule has 2 aromatic rings. The van der Waals surface area contributed by atoms with Crippen molar-refractivity contribution in [3.8, 4) is 0 Å². The summed E-state index contributed by atoms with van der Waals surface area (Å²) in [5.41, 5.74) is 0.0245. The summed E-state index contributed by atoms with van der Waals surface area (Å²) in [5.74, 6) is 0.855. The van der Waals surface area contributed by atoms with E-state index in [2.05, 4.69) is 27.5 Å². The van der Waals surface area contributed by atoms with Gasteiger partial charge in [0, 0.05) is 24.0 Å². The minimum absolute atomic E-state index is 0.219. The van der Waals surface area contributed by atoms with Crippen molar-refractivity contribution >= 4 is 29.1 Å². The highest BCUT2D eigenvalue weighted by molar-refractivity contribution is 6.31.